The molecule has 2 aromatic carbocycles. The lowest BCUT2D eigenvalue weighted by atomic mass is 10.1. The molecule has 0 atom stereocenters. The normalized spacial score (nSPS) is 10.6. The van der Waals surface area contributed by atoms with Gasteiger partial charge in [-0.1, -0.05) is 24.3 Å². The van der Waals surface area contributed by atoms with Crippen molar-refractivity contribution >= 4 is 27.3 Å². The van der Waals surface area contributed by atoms with Crippen molar-refractivity contribution < 1.29 is 4.92 Å². The monoisotopic (exact) mass is 400 g/mol. The molecule has 3 rings (SSSR count). The van der Waals surface area contributed by atoms with Crippen LogP contribution in [-0.2, 0) is 13.1 Å². The largest absolute Gasteiger partial charge is 0.380 e. The minimum atomic E-state index is -0.407. The Morgan fingerprint density at radius 1 is 1.24 bits per heavy atom. The number of non-ortho nitro benzene ring substituents is 1. The lowest BCUT2D eigenvalue weighted by molar-refractivity contribution is -0.384. The third-order valence-corrected chi connectivity index (χ3v) is 4.57. The van der Waals surface area contributed by atoms with Crippen molar-refractivity contribution in [1.82, 2.24) is 9.55 Å². The van der Waals surface area contributed by atoms with Crippen LogP contribution in [0.2, 0.25) is 0 Å². The van der Waals surface area contributed by atoms with E-state index in [4.69, 9.17) is 0 Å². The van der Waals surface area contributed by atoms with Crippen molar-refractivity contribution in [3.05, 3.63) is 86.4 Å². The zero-order valence-corrected chi connectivity index (χ0v) is 15.2. The first-order valence-corrected chi connectivity index (χ1v) is 8.55. The van der Waals surface area contributed by atoms with Crippen LogP contribution >= 0.6 is 15.9 Å². The van der Waals surface area contributed by atoms with Crippen molar-refractivity contribution in [1.29, 1.82) is 0 Å². The summed E-state index contributed by atoms with van der Waals surface area (Å²) in [6, 6.07) is 13.0. The second kappa shape index (κ2) is 7.48. The van der Waals surface area contributed by atoms with Crippen LogP contribution in [0.5, 0.6) is 0 Å². The van der Waals surface area contributed by atoms with Gasteiger partial charge in [-0.3, -0.25) is 10.1 Å². The maximum atomic E-state index is 10.8. The van der Waals surface area contributed by atoms with E-state index in [1.807, 2.05) is 19.2 Å². The summed E-state index contributed by atoms with van der Waals surface area (Å²) in [6.07, 6.45) is 3.76. The summed E-state index contributed by atoms with van der Waals surface area (Å²) < 4.78 is 2.77. The fraction of sp³-hybridized carbons (Fsp3) is 0.167. The Kier molecular flexibility index (Phi) is 5.14. The molecule has 0 aliphatic heterocycles. The van der Waals surface area contributed by atoms with Crippen LogP contribution < -0.4 is 5.32 Å². The average molecular weight is 401 g/mol. The third-order valence-electron chi connectivity index (χ3n) is 3.91. The van der Waals surface area contributed by atoms with Crippen LogP contribution in [0.4, 0.5) is 11.4 Å². The van der Waals surface area contributed by atoms with Crippen LogP contribution in [0.1, 0.15) is 17.0 Å². The van der Waals surface area contributed by atoms with Gasteiger partial charge in [0.25, 0.3) is 5.69 Å². The van der Waals surface area contributed by atoms with Crippen LogP contribution in [0, 0.1) is 17.0 Å². The van der Waals surface area contributed by atoms with Gasteiger partial charge in [-0.05, 0) is 40.0 Å². The molecule has 0 amide bonds. The summed E-state index contributed by atoms with van der Waals surface area (Å²) in [5.74, 6) is 0.985. The van der Waals surface area contributed by atoms with Gasteiger partial charge in [-0.2, -0.15) is 0 Å². The highest BCUT2D eigenvalue weighted by Crippen LogP contribution is 2.27. The van der Waals surface area contributed by atoms with Gasteiger partial charge < -0.3 is 9.88 Å². The van der Waals surface area contributed by atoms with Crippen molar-refractivity contribution in [2.24, 2.45) is 0 Å². The SMILES string of the molecule is Cc1nccn1Cc1cccc(CNc2ccc([N+](=O)[O-])cc2Br)c1. The number of benzene rings is 2. The van der Waals surface area contributed by atoms with Gasteiger partial charge in [-0.15, -0.1) is 0 Å². The van der Waals surface area contributed by atoms with Crippen LogP contribution in [0.15, 0.2) is 59.3 Å². The van der Waals surface area contributed by atoms with Crippen LogP contribution in [0.3, 0.4) is 0 Å². The van der Waals surface area contributed by atoms with E-state index in [-0.39, 0.29) is 5.69 Å². The first-order valence-electron chi connectivity index (χ1n) is 7.76. The smallest absolute Gasteiger partial charge is 0.270 e. The molecule has 1 heterocycles. The molecule has 6 nitrogen and oxygen atoms in total. The molecule has 3 aromatic rings. The molecular weight excluding hydrogens is 384 g/mol. The Labute approximate surface area is 153 Å². The zero-order valence-electron chi connectivity index (χ0n) is 13.6. The molecule has 1 N–H and O–H groups in total. The van der Waals surface area contributed by atoms with E-state index < -0.39 is 4.92 Å². The highest BCUT2D eigenvalue weighted by Gasteiger charge is 2.09. The number of anilines is 1. The number of nitrogens with one attached hydrogen (secondary N) is 1. The van der Waals surface area contributed by atoms with Crippen molar-refractivity contribution in [3.63, 3.8) is 0 Å². The molecule has 25 heavy (non-hydrogen) atoms. The number of nitro groups is 1. The summed E-state index contributed by atoms with van der Waals surface area (Å²) in [4.78, 5) is 14.6. The van der Waals surface area contributed by atoms with Gasteiger partial charge in [0.1, 0.15) is 5.82 Å². The molecule has 1 aromatic heterocycles. The van der Waals surface area contributed by atoms with E-state index in [1.54, 1.807) is 12.3 Å². The van der Waals surface area contributed by atoms with Gasteiger partial charge in [0, 0.05) is 47.8 Å². The zero-order chi connectivity index (χ0) is 17.8. The first-order chi connectivity index (χ1) is 12.0. The highest BCUT2D eigenvalue weighted by atomic mass is 79.9. The molecule has 0 aliphatic rings. The average Bonchev–Trinajstić information content (AvgIpc) is 2.99. The van der Waals surface area contributed by atoms with E-state index in [0.717, 1.165) is 23.6 Å². The second-order valence-electron chi connectivity index (χ2n) is 5.70. The quantitative estimate of drug-likeness (QED) is 0.487. The predicted molar refractivity (Wildman–Crippen MR) is 101 cm³/mol. The van der Waals surface area contributed by atoms with E-state index in [1.165, 1.54) is 17.7 Å². The molecule has 0 saturated heterocycles. The highest BCUT2D eigenvalue weighted by molar-refractivity contribution is 9.10. The van der Waals surface area contributed by atoms with E-state index in [9.17, 15) is 10.1 Å². The number of hydrogen-bond donors (Lipinski definition) is 1. The fourth-order valence-corrected chi connectivity index (χ4v) is 3.07. The molecule has 0 saturated carbocycles. The number of imidazole rings is 1. The summed E-state index contributed by atoms with van der Waals surface area (Å²) in [7, 11) is 0. The molecular formula is C18H17BrN4O2. The van der Waals surface area contributed by atoms with Gasteiger partial charge in [-0.25, -0.2) is 4.98 Å². The molecule has 0 fully saturated rings. The van der Waals surface area contributed by atoms with E-state index in [2.05, 4.69) is 49.0 Å². The van der Waals surface area contributed by atoms with Crippen molar-refractivity contribution in [2.75, 3.05) is 5.32 Å². The third kappa shape index (κ3) is 4.24. The Bertz CT molecular complexity index is 908. The number of aryl methyl sites for hydroxylation is 1. The lowest BCUT2D eigenvalue weighted by Gasteiger charge is -2.11. The maximum absolute atomic E-state index is 10.8. The van der Waals surface area contributed by atoms with Crippen molar-refractivity contribution in [3.8, 4) is 0 Å². The fourth-order valence-electron chi connectivity index (χ4n) is 2.56. The molecule has 0 aliphatic carbocycles. The molecule has 0 bridgehead atoms. The molecule has 7 heteroatoms. The minimum absolute atomic E-state index is 0.0649. The van der Waals surface area contributed by atoms with Gasteiger partial charge >= 0.3 is 0 Å². The molecule has 0 spiro atoms. The van der Waals surface area contributed by atoms with Gasteiger partial charge in [0.15, 0.2) is 0 Å². The lowest BCUT2D eigenvalue weighted by Crippen LogP contribution is -2.04. The first kappa shape index (κ1) is 17.2. The van der Waals surface area contributed by atoms with Gasteiger partial charge in [0.05, 0.1) is 4.92 Å². The summed E-state index contributed by atoms with van der Waals surface area (Å²) in [5, 5.41) is 14.1. The Morgan fingerprint density at radius 3 is 2.72 bits per heavy atom. The van der Waals surface area contributed by atoms with E-state index >= 15 is 0 Å². The number of hydrogen-bond acceptors (Lipinski definition) is 4. The summed E-state index contributed by atoms with van der Waals surface area (Å²) >= 11 is 3.37. The summed E-state index contributed by atoms with van der Waals surface area (Å²) in [5.41, 5.74) is 3.22. The Balaban J connectivity index is 1.68. The molecule has 0 radical (unpaired) electrons. The maximum Gasteiger partial charge on any atom is 0.270 e. The molecule has 128 valence electrons. The predicted octanol–water partition coefficient (Wildman–Crippen LogP) is 4.52. The number of rotatable bonds is 6. The number of halogens is 1. The Morgan fingerprint density at radius 2 is 2.04 bits per heavy atom. The van der Waals surface area contributed by atoms with Gasteiger partial charge in [0.2, 0.25) is 0 Å². The van der Waals surface area contributed by atoms with Crippen LogP contribution in [0.25, 0.3) is 0 Å². The number of nitro benzene ring substituents is 1. The second-order valence-corrected chi connectivity index (χ2v) is 6.55. The standard InChI is InChI=1S/C18H17BrN4O2/c1-13-20-7-8-22(13)12-15-4-2-3-14(9-15)11-21-18-6-5-16(23(24)25)10-17(18)19/h2-10,21H,11-12H2,1H3. The Hall–Kier alpha value is -2.67. The van der Waals surface area contributed by atoms with Crippen molar-refractivity contribution in [2.45, 2.75) is 20.0 Å². The number of aromatic nitrogens is 2. The van der Waals surface area contributed by atoms with Crippen LogP contribution in [-0.4, -0.2) is 14.5 Å². The van der Waals surface area contributed by atoms with E-state index in [0.29, 0.717) is 11.0 Å². The summed E-state index contributed by atoms with van der Waals surface area (Å²) in [6.45, 7) is 3.39. The topological polar surface area (TPSA) is 73.0 Å². The minimum Gasteiger partial charge on any atom is -0.380 e. The molecule has 0 unspecified atom stereocenters. The number of nitrogens with zero attached hydrogens (tertiary/aromatic N) is 3.